The molecule has 2 heterocycles. The van der Waals surface area contributed by atoms with Crippen LogP contribution in [0.15, 0.2) is 58.4 Å². The van der Waals surface area contributed by atoms with Crippen molar-refractivity contribution in [1.29, 1.82) is 0 Å². The van der Waals surface area contributed by atoms with Gasteiger partial charge >= 0.3 is 0 Å². The molecule has 1 unspecified atom stereocenters. The predicted octanol–water partition coefficient (Wildman–Crippen LogP) is 3.74. The Bertz CT molecular complexity index is 1190. The third kappa shape index (κ3) is 4.59. The third-order valence-corrected chi connectivity index (χ3v) is 6.03. The highest BCUT2D eigenvalue weighted by Crippen LogP contribution is 2.37. The fourth-order valence-electron chi connectivity index (χ4n) is 3.14. The highest BCUT2D eigenvalue weighted by molar-refractivity contribution is 8.00. The molecule has 0 fully saturated rings. The van der Waals surface area contributed by atoms with Crippen LogP contribution >= 0.6 is 11.8 Å². The zero-order valence-corrected chi connectivity index (χ0v) is 18.4. The van der Waals surface area contributed by atoms with Crippen LogP contribution in [0.3, 0.4) is 0 Å². The van der Waals surface area contributed by atoms with Crippen LogP contribution in [-0.2, 0) is 4.79 Å². The molecule has 1 aromatic heterocycles. The van der Waals surface area contributed by atoms with Gasteiger partial charge in [0.15, 0.2) is 11.5 Å². The second-order valence-corrected chi connectivity index (χ2v) is 8.63. The predicted molar refractivity (Wildman–Crippen MR) is 121 cm³/mol. The molecular formula is C23H23N3O4S. The van der Waals surface area contributed by atoms with E-state index in [1.807, 2.05) is 44.2 Å². The van der Waals surface area contributed by atoms with Gasteiger partial charge in [0.05, 0.1) is 16.6 Å². The van der Waals surface area contributed by atoms with Gasteiger partial charge in [-0.2, -0.15) is 9.78 Å². The first-order chi connectivity index (χ1) is 14.9. The van der Waals surface area contributed by atoms with Gasteiger partial charge in [0, 0.05) is 6.07 Å². The van der Waals surface area contributed by atoms with Gasteiger partial charge in [-0.3, -0.25) is 9.59 Å². The van der Waals surface area contributed by atoms with E-state index in [0.717, 1.165) is 11.1 Å². The van der Waals surface area contributed by atoms with Crippen molar-refractivity contribution in [1.82, 2.24) is 9.78 Å². The van der Waals surface area contributed by atoms with Crippen LogP contribution in [0.5, 0.6) is 11.5 Å². The number of aromatic nitrogens is 2. The van der Waals surface area contributed by atoms with Gasteiger partial charge in [-0.25, -0.2) is 0 Å². The minimum atomic E-state index is -0.446. The second kappa shape index (κ2) is 8.85. The van der Waals surface area contributed by atoms with E-state index in [-0.39, 0.29) is 11.5 Å². The number of benzene rings is 2. The van der Waals surface area contributed by atoms with Gasteiger partial charge in [0.25, 0.3) is 5.56 Å². The van der Waals surface area contributed by atoms with Crippen LogP contribution in [0.25, 0.3) is 5.69 Å². The molecule has 3 aromatic rings. The van der Waals surface area contributed by atoms with Crippen LogP contribution in [0.2, 0.25) is 0 Å². The van der Waals surface area contributed by atoms with Crippen LogP contribution in [0.4, 0.5) is 5.69 Å². The number of hydrogen-bond donors (Lipinski definition) is 1. The minimum Gasteiger partial charge on any atom is -0.486 e. The largest absolute Gasteiger partial charge is 0.486 e. The van der Waals surface area contributed by atoms with Crippen molar-refractivity contribution in [2.24, 2.45) is 0 Å². The number of anilines is 1. The van der Waals surface area contributed by atoms with Crippen molar-refractivity contribution in [2.45, 2.75) is 31.0 Å². The van der Waals surface area contributed by atoms with Crippen molar-refractivity contribution in [3.8, 4) is 17.2 Å². The number of fused-ring (bicyclic) bond motifs is 1. The molecule has 8 heteroatoms. The van der Waals surface area contributed by atoms with E-state index in [9.17, 15) is 9.59 Å². The Hall–Kier alpha value is -3.26. The fraction of sp³-hybridized carbons (Fsp3) is 0.261. The summed E-state index contributed by atoms with van der Waals surface area (Å²) in [5, 5.41) is 7.49. The Labute approximate surface area is 184 Å². The summed E-state index contributed by atoms with van der Waals surface area (Å²) in [6.07, 6.45) is 0. The van der Waals surface area contributed by atoms with E-state index < -0.39 is 5.25 Å². The first-order valence-electron chi connectivity index (χ1n) is 9.96. The summed E-state index contributed by atoms with van der Waals surface area (Å²) in [4.78, 5) is 25.1. The first kappa shape index (κ1) is 21.0. The smallest absolute Gasteiger partial charge is 0.271 e. The lowest BCUT2D eigenvalue weighted by molar-refractivity contribution is -0.115. The topological polar surface area (TPSA) is 82.5 Å². The third-order valence-electron chi connectivity index (χ3n) is 5.00. The summed E-state index contributed by atoms with van der Waals surface area (Å²) < 4.78 is 12.6. The van der Waals surface area contributed by atoms with Crippen molar-refractivity contribution in [3.05, 3.63) is 70.0 Å². The number of amides is 1. The first-order valence-corrected chi connectivity index (χ1v) is 10.8. The molecule has 4 rings (SSSR count). The lowest BCUT2D eigenvalue weighted by Gasteiger charge is -2.21. The maximum absolute atomic E-state index is 12.8. The SMILES string of the molecule is Cc1ccc(-n2nc(SC(C)C(=O)Nc3cccc4c3OCCO4)ccc2=O)cc1C. The van der Waals surface area contributed by atoms with E-state index in [4.69, 9.17) is 9.47 Å². The molecule has 0 spiro atoms. The molecule has 0 saturated carbocycles. The molecular weight excluding hydrogens is 414 g/mol. The summed E-state index contributed by atoms with van der Waals surface area (Å²) in [7, 11) is 0. The molecule has 0 radical (unpaired) electrons. The Morgan fingerprint density at radius 3 is 2.71 bits per heavy atom. The van der Waals surface area contributed by atoms with E-state index >= 15 is 0 Å². The fourth-order valence-corrected chi connectivity index (χ4v) is 3.94. The number of aryl methyl sites for hydroxylation is 2. The van der Waals surface area contributed by atoms with Crippen LogP contribution in [-0.4, -0.2) is 34.2 Å². The van der Waals surface area contributed by atoms with Gasteiger partial charge < -0.3 is 14.8 Å². The van der Waals surface area contributed by atoms with Crippen molar-refractivity contribution in [2.75, 3.05) is 18.5 Å². The van der Waals surface area contributed by atoms with Gasteiger partial charge in [-0.15, -0.1) is 0 Å². The number of nitrogens with one attached hydrogen (secondary N) is 1. The maximum atomic E-state index is 12.8. The Morgan fingerprint density at radius 1 is 1.10 bits per heavy atom. The summed E-state index contributed by atoms with van der Waals surface area (Å²) in [6.45, 7) is 6.72. The van der Waals surface area contributed by atoms with E-state index in [0.29, 0.717) is 41.1 Å². The van der Waals surface area contributed by atoms with E-state index in [1.54, 1.807) is 19.1 Å². The van der Waals surface area contributed by atoms with Crippen molar-refractivity contribution < 1.29 is 14.3 Å². The molecule has 1 amide bonds. The maximum Gasteiger partial charge on any atom is 0.271 e. The Kier molecular flexibility index (Phi) is 5.99. The number of ether oxygens (including phenoxy) is 2. The molecule has 7 nitrogen and oxygen atoms in total. The summed E-state index contributed by atoms with van der Waals surface area (Å²) >= 11 is 1.28. The molecule has 1 aliphatic rings. The lowest BCUT2D eigenvalue weighted by atomic mass is 10.1. The molecule has 2 aromatic carbocycles. The number of para-hydroxylation sites is 1. The van der Waals surface area contributed by atoms with Gasteiger partial charge in [-0.05, 0) is 62.2 Å². The molecule has 160 valence electrons. The highest BCUT2D eigenvalue weighted by atomic mass is 32.2. The van der Waals surface area contributed by atoms with Crippen LogP contribution < -0.4 is 20.3 Å². The number of carbonyl (C=O) groups is 1. The molecule has 1 atom stereocenters. The van der Waals surface area contributed by atoms with Crippen LogP contribution in [0.1, 0.15) is 18.1 Å². The summed E-state index contributed by atoms with van der Waals surface area (Å²) in [5.74, 6) is 0.963. The molecule has 0 aliphatic carbocycles. The van der Waals surface area contributed by atoms with Gasteiger partial charge in [-0.1, -0.05) is 23.9 Å². The monoisotopic (exact) mass is 437 g/mol. The summed E-state index contributed by atoms with van der Waals surface area (Å²) in [6, 6.07) is 14.2. The Morgan fingerprint density at radius 2 is 1.90 bits per heavy atom. The average Bonchev–Trinajstić information content (AvgIpc) is 2.77. The Balaban J connectivity index is 1.51. The normalized spacial score (nSPS) is 13.5. The second-order valence-electron chi connectivity index (χ2n) is 7.27. The number of rotatable bonds is 5. The molecule has 31 heavy (non-hydrogen) atoms. The highest BCUT2D eigenvalue weighted by Gasteiger charge is 2.21. The van der Waals surface area contributed by atoms with E-state index in [2.05, 4.69) is 10.4 Å². The zero-order valence-electron chi connectivity index (χ0n) is 17.5. The van der Waals surface area contributed by atoms with Crippen LogP contribution in [0, 0.1) is 13.8 Å². The molecule has 0 bridgehead atoms. The molecule has 1 N–H and O–H groups in total. The van der Waals surface area contributed by atoms with Crippen molar-refractivity contribution in [3.63, 3.8) is 0 Å². The van der Waals surface area contributed by atoms with E-state index in [1.165, 1.54) is 22.5 Å². The number of hydrogen-bond acceptors (Lipinski definition) is 6. The van der Waals surface area contributed by atoms with Crippen molar-refractivity contribution >= 4 is 23.4 Å². The average molecular weight is 438 g/mol. The minimum absolute atomic E-state index is 0.196. The van der Waals surface area contributed by atoms with Gasteiger partial charge in [0.2, 0.25) is 5.91 Å². The van der Waals surface area contributed by atoms with Gasteiger partial charge in [0.1, 0.15) is 18.2 Å². The summed E-state index contributed by atoms with van der Waals surface area (Å²) in [5.41, 5.74) is 3.26. The number of nitrogens with zero attached hydrogens (tertiary/aromatic N) is 2. The number of thioether (sulfide) groups is 1. The zero-order chi connectivity index (χ0) is 22.0. The lowest BCUT2D eigenvalue weighted by Crippen LogP contribution is -2.25. The molecule has 0 saturated heterocycles. The molecule has 1 aliphatic heterocycles. The quantitative estimate of drug-likeness (QED) is 0.613. The number of carbonyl (C=O) groups excluding carboxylic acids is 1. The standard InChI is InChI=1S/C23H23N3O4S/c1-14-7-8-17(13-15(14)2)26-21(27)10-9-20(25-26)31-16(3)23(28)24-18-5-4-6-19-22(18)30-12-11-29-19/h4-10,13,16H,11-12H2,1-3H3,(H,24,28).